The van der Waals surface area contributed by atoms with Crippen LogP contribution in [0.3, 0.4) is 0 Å². The van der Waals surface area contributed by atoms with Gasteiger partial charge in [0.15, 0.2) is 0 Å². The van der Waals surface area contributed by atoms with Crippen LogP contribution in [0, 0.1) is 0 Å². The molecule has 0 bridgehead atoms. The molecule has 0 spiro atoms. The van der Waals surface area contributed by atoms with Gasteiger partial charge in [-0.25, -0.2) is 10.4 Å². The summed E-state index contributed by atoms with van der Waals surface area (Å²) in [6.45, 7) is 1.63. The molecule has 7 heteroatoms. The lowest BCUT2D eigenvalue weighted by Gasteiger charge is -2.18. The third-order valence-corrected chi connectivity index (χ3v) is 4.89. The molecule has 7 nitrogen and oxygen atoms in total. The summed E-state index contributed by atoms with van der Waals surface area (Å²) in [5.41, 5.74) is 4.19. The number of aromatic nitrogens is 2. The highest BCUT2D eigenvalue weighted by molar-refractivity contribution is 5.85. The third-order valence-electron chi connectivity index (χ3n) is 4.89. The number of nitrogens with zero attached hydrogens (tertiary/aromatic N) is 3. The topological polar surface area (TPSA) is 96.6 Å². The first-order chi connectivity index (χ1) is 15.0. The Kier molecular flexibility index (Phi) is 5.57. The number of amides is 1. The zero-order valence-electron chi connectivity index (χ0n) is 16.8. The molecular weight excluding hydrogens is 392 g/mol. The lowest BCUT2D eigenvalue weighted by Crippen LogP contribution is -2.35. The van der Waals surface area contributed by atoms with E-state index in [2.05, 4.69) is 15.5 Å². The molecule has 1 unspecified atom stereocenters. The first kappa shape index (κ1) is 20.0. The van der Waals surface area contributed by atoms with Crippen molar-refractivity contribution in [3.8, 4) is 17.1 Å². The van der Waals surface area contributed by atoms with E-state index in [1.54, 1.807) is 37.3 Å². The molecule has 154 valence electrons. The molecule has 31 heavy (non-hydrogen) atoms. The van der Waals surface area contributed by atoms with Crippen molar-refractivity contribution in [3.05, 3.63) is 94.8 Å². The maximum absolute atomic E-state index is 13.3. The number of benzene rings is 3. The number of carbonyl (C=O) groups is 1. The van der Waals surface area contributed by atoms with E-state index in [4.69, 9.17) is 0 Å². The molecule has 1 heterocycles. The van der Waals surface area contributed by atoms with Crippen LogP contribution in [-0.4, -0.2) is 26.8 Å². The van der Waals surface area contributed by atoms with Crippen molar-refractivity contribution < 1.29 is 9.90 Å². The number of fused-ring (bicyclic) bond motifs is 1. The number of rotatable bonds is 5. The van der Waals surface area contributed by atoms with Gasteiger partial charge in [0.05, 0.1) is 17.1 Å². The summed E-state index contributed by atoms with van der Waals surface area (Å²) in [4.78, 5) is 30.8. The van der Waals surface area contributed by atoms with Gasteiger partial charge in [0.25, 0.3) is 11.5 Å². The van der Waals surface area contributed by atoms with Crippen molar-refractivity contribution in [3.63, 3.8) is 0 Å². The van der Waals surface area contributed by atoms with Crippen LogP contribution < -0.4 is 11.0 Å². The number of para-hydroxylation sites is 1. The lowest BCUT2D eigenvalue weighted by atomic mass is 10.1. The third kappa shape index (κ3) is 4.20. The number of aromatic hydroxyl groups is 1. The van der Waals surface area contributed by atoms with Gasteiger partial charge in [-0.05, 0) is 48.9 Å². The van der Waals surface area contributed by atoms with E-state index in [1.165, 1.54) is 22.9 Å². The van der Waals surface area contributed by atoms with Gasteiger partial charge >= 0.3 is 0 Å². The normalized spacial score (nSPS) is 12.2. The SMILES string of the molecule is CC(C(=O)N/N=C/c1ccc(O)cc1)n1c(-c2ccccc2)nc2ccccc2c1=O. The quantitative estimate of drug-likeness (QED) is 0.387. The minimum Gasteiger partial charge on any atom is -0.508 e. The minimum absolute atomic E-state index is 0.145. The van der Waals surface area contributed by atoms with Crippen LogP contribution in [0.1, 0.15) is 18.5 Å². The minimum atomic E-state index is -0.850. The average Bonchev–Trinajstić information content (AvgIpc) is 2.80. The van der Waals surface area contributed by atoms with Crippen molar-refractivity contribution in [2.75, 3.05) is 0 Å². The molecule has 1 amide bonds. The molecule has 0 saturated heterocycles. The Hall–Kier alpha value is -4.26. The Morgan fingerprint density at radius 1 is 1.03 bits per heavy atom. The van der Waals surface area contributed by atoms with Gasteiger partial charge in [-0.1, -0.05) is 42.5 Å². The second-order valence-electron chi connectivity index (χ2n) is 7.00. The fourth-order valence-corrected chi connectivity index (χ4v) is 3.24. The van der Waals surface area contributed by atoms with Crippen LogP contribution in [-0.2, 0) is 4.79 Å². The van der Waals surface area contributed by atoms with E-state index in [0.717, 1.165) is 5.56 Å². The Labute approximate surface area is 178 Å². The van der Waals surface area contributed by atoms with E-state index in [-0.39, 0.29) is 11.3 Å². The number of hydrogen-bond donors (Lipinski definition) is 2. The Bertz CT molecular complexity index is 1310. The fourth-order valence-electron chi connectivity index (χ4n) is 3.24. The van der Waals surface area contributed by atoms with Crippen LogP contribution in [0.4, 0.5) is 0 Å². The maximum atomic E-state index is 13.3. The zero-order valence-corrected chi connectivity index (χ0v) is 16.8. The maximum Gasteiger partial charge on any atom is 0.263 e. The summed E-state index contributed by atoms with van der Waals surface area (Å²) in [6, 6.07) is 21.9. The first-order valence-electron chi connectivity index (χ1n) is 9.73. The highest BCUT2D eigenvalue weighted by Crippen LogP contribution is 2.22. The summed E-state index contributed by atoms with van der Waals surface area (Å²) >= 11 is 0. The standard InChI is InChI=1S/C24H20N4O3/c1-16(23(30)27-25-15-17-11-13-19(29)14-12-17)28-22(18-7-3-2-4-8-18)26-21-10-6-5-9-20(21)24(28)31/h2-16,29H,1H3,(H,27,30)/b25-15+. The Morgan fingerprint density at radius 2 is 1.71 bits per heavy atom. The first-order valence-corrected chi connectivity index (χ1v) is 9.73. The molecule has 0 aliphatic rings. The monoisotopic (exact) mass is 412 g/mol. The van der Waals surface area contributed by atoms with Gasteiger partial charge in [0.1, 0.15) is 17.6 Å². The van der Waals surface area contributed by atoms with E-state index in [1.807, 2.05) is 36.4 Å². The number of hydrazone groups is 1. The molecule has 2 N–H and O–H groups in total. The smallest absolute Gasteiger partial charge is 0.263 e. The number of carbonyl (C=O) groups excluding carboxylic acids is 1. The molecule has 3 aromatic carbocycles. The Morgan fingerprint density at radius 3 is 2.45 bits per heavy atom. The number of hydrogen-bond acceptors (Lipinski definition) is 5. The number of phenolic OH excluding ortho intramolecular Hbond substituents is 1. The Balaban J connectivity index is 1.70. The summed E-state index contributed by atoms with van der Waals surface area (Å²) in [6.07, 6.45) is 1.46. The molecular formula is C24H20N4O3. The van der Waals surface area contributed by atoms with Gasteiger partial charge in [0.2, 0.25) is 0 Å². The zero-order chi connectivity index (χ0) is 21.8. The molecule has 4 aromatic rings. The van der Waals surface area contributed by atoms with Crippen LogP contribution >= 0.6 is 0 Å². The van der Waals surface area contributed by atoms with Crippen LogP contribution in [0.25, 0.3) is 22.3 Å². The van der Waals surface area contributed by atoms with Crippen molar-refractivity contribution >= 4 is 23.0 Å². The second kappa shape index (κ2) is 8.62. The van der Waals surface area contributed by atoms with Gasteiger partial charge < -0.3 is 5.11 Å². The average molecular weight is 412 g/mol. The van der Waals surface area contributed by atoms with E-state index >= 15 is 0 Å². The van der Waals surface area contributed by atoms with Gasteiger partial charge in [-0.2, -0.15) is 5.10 Å². The van der Waals surface area contributed by atoms with E-state index in [0.29, 0.717) is 22.3 Å². The molecule has 0 radical (unpaired) electrons. The van der Waals surface area contributed by atoms with Crippen molar-refractivity contribution in [2.24, 2.45) is 5.10 Å². The lowest BCUT2D eigenvalue weighted by molar-refractivity contribution is -0.123. The largest absolute Gasteiger partial charge is 0.508 e. The van der Waals surface area contributed by atoms with E-state index < -0.39 is 11.9 Å². The van der Waals surface area contributed by atoms with Crippen molar-refractivity contribution in [1.82, 2.24) is 15.0 Å². The second-order valence-corrected chi connectivity index (χ2v) is 7.00. The molecule has 0 fully saturated rings. The highest BCUT2D eigenvalue weighted by Gasteiger charge is 2.22. The van der Waals surface area contributed by atoms with Crippen LogP contribution in [0.5, 0.6) is 5.75 Å². The van der Waals surface area contributed by atoms with Gasteiger partial charge in [0, 0.05) is 5.56 Å². The molecule has 4 rings (SSSR count). The van der Waals surface area contributed by atoms with Crippen LogP contribution in [0.15, 0.2) is 88.8 Å². The molecule has 0 aliphatic carbocycles. The molecule has 1 aromatic heterocycles. The fraction of sp³-hybridized carbons (Fsp3) is 0.0833. The predicted octanol–water partition coefficient (Wildman–Crippen LogP) is 3.48. The predicted molar refractivity (Wildman–Crippen MR) is 120 cm³/mol. The van der Waals surface area contributed by atoms with Gasteiger partial charge in [-0.15, -0.1) is 0 Å². The highest BCUT2D eigenvalue weighted by atomic mass is 16.3. The van der Waals surface area contributed by atoms with Crippen molar-refractivity contribution in [1.29, 1.82) is 0 Å². The van der Waals surface area contributed by atoms with Crippen LogP contribution in [0.2, 0.25) is 0 Å². The molecule has 0 saturated carbocycles. The molecule has 1 atom stereocenters. The summed E-state index contributed by atoms with van der Waals surface area (Å²) in [7, 11) is 0. The van der Waals surface area contributed by atoms with Crippen molar-refractivity contribution in [2.45, 2.75) is 13.0 Å². The summed E-state index contributed by atoms with van der Waals surface area (Å²) in [5.74, 6) is 0.104. The number of nitrogens with one attached hydrogen (secondary N) is 1. The number of phenols is 1. The van der Waals surface area contributed by atoms with E-state index in [9.17, 15) is 14.7 Å². The molecule has 0 aliphatic heterocycles. The summed E-state index contributed by atoms with van der Waals surface area (Å²) < 4.78 is 1.39. The van der Waals surface area contributed by atoms with Gasteiger partial charge in [-0.3, -0.25) is 14.2 Å². The summed E-state index contributed by atoms with van der Waals surface area (Å²) in [5, 5.41) is 13.7.